The van der Waals surface area contributed by atoms with Gasteiger partial charge in [0.05, 0.1) is 22.9 Å². The lowest BCUT2D eigenvalue weighted by molar-refractivity contribution is -0.149. The van der Waals surface area contributed by atoms with Crippen molar-refractivity contribution in [2.75, 3.05) is 24.7 Å². The summed E-state index contributed by atoms with van der Waals surface area (Å²) in [5.74, 6) is -0.991. The minimum atomic E-state index is -3.10. The Morgan fingerprint density at radius 2 is 1.97 bits per heavy atom. The van der Waals surface area contributed by atoms with Crippen LogP contribution in [0.2, 0.25) is 0 Å². The summed E-state index contributed by atoms with van der Waals surface area (Å²) in [6.45, 7) is 5.49. The summed E-state index contributed by atoms with van der Waals surface area (Å²) >= 11 is 0. The highest BCUT2D eigenvalue weighted by Gasteiger charge is 2.34. The molecule has 1 aliphatic rings. The third-order valence-electron chi connectivity index (χ3n) is 5.38. The standard InChI is InChI=1S/C22H27N3O5S/c1-4-24(19-12-13-31(28,29)15-19)21(26)14-30-22(27)11-10-20-16(2)23-25(17(20)3)18-8-6-5-7-9-18/h5-11,19H,4,12-15H2,1-3H3/b11-10+/t19-/m1/s1. The number of nitrogens with zero attached hydrogens (tertiary/aromatic N) is 3. The van der Waals surface area contributed by atoms with E-state index >= 15 is 0 Å². The minimum absolute atomic E-state index is 0.0373. The Bertz CT molecular complexity index is 1090. The highest BCUT2D eigenvalue weighted by atomic mass is 32.2. The molecule has 1 aromatic carbocycles. The van der Waals surface area contributed by atoms with Crippen molar-refractivity contribution in [3.05, 3.63) is 53.4 Å². The monoisotopic (exact) mass is 445 g/mol. The summed E-state index contributed by atoms with van der Waals surface area (Å²) in [6.07, 6.45) is 3.32. The maximum atomic E-state index is 12.4. The van der Waals surface area contributed by atoms with Gasteiger partial charge in [-0.05, 0) is 45.4 Å². The molecule has 0 unspecified atom stereocenters. The molecule has 1 amide bonds. The second-order valence-electron chi connectivity index (χ2n) is 7.51. The molecule has 8 nitrogen and oxygen atoms in total. The number of amides is 1. The second-order valence-corrected chi connectivity index (χ2v) is 9.74. The van der Waals surface area contributed by atoms with E-state index in [1.165, 1.54) is 11.0 Å². The smallest absolute Gasteiger partial charge is 0.331 e. The van der Waals surface area contributed by atoms with Crippen LogP contribution in [0.1, 0.15) is 30.3 Å². The first-order chi connectivity index (χ1) is 14.7. The lowest BCUT2D eigenvalue weighted by atomic mass is 10.2. The van der Waals surface area contributed by atoms with E-state index in [9.17, 15) is 18.0 Å². The van der Waals surface area contributed by atoms with E-state index in [1.807, 2.05) is 44.2 Å². The molecule has 0 N–H and O–H groups in total. The highest BCUT2D eigenvalue weighted by molar-refractivity contribution is 7.91. The fourth-order valence-corrected chi connectivity index (χ4v) is 5.52. The summed E-state index contributed by atoms with van der Waals surface area (Å²) in [5.41, 5.74) is 3.37. The van der Waals surface area contributed by atoms with Crippen LogP contribution in [0.15, 0.2) is 36.4 Å². The Balaban J connectivity index is 1.61. The Labute approximate surface area is 182 Å². The van der Waals surface area contributed by atoms with Crippen LogP contribution in [0.4, 0.5) is 0 Å². The van der Waals surface area contributed by atoms with Crippen molar-refractivity contribution in [1.82, 2.24) is 14.7 Å². The Kier molecular flexibility index (Phi) is 6.94. The molecular formula is C22H27N3O5S. The number of aryl methyl sites for hydroxylation is 1. The van der Waals surface area contributed by atoms with Gasteiger partial charge < -0.3 is 9.64 Å². The number of hydrogen-bond donors (Lipinski definition) is 0. The van der Waals surface area contributed by atoms with Crippen molar-refractivity contribution in [2.45, 2.75) is 33.2 Å². The van der Waals surface area contributed by atoms with Gasteiger partial charge in [0, 0.05) is 29.9 Å². The van der Waals surface area contributed by atoms with Crippen LogP contribution in [0.3, 0.4) is 0 Å². The first-order valence-corrected chi connectivity index (χ1v) is 12.0. The van der Waals surface area contributed by atoms with E-state index in [1.54, 1.807) is 17.7 Å². The molecular weight excluding hydrogens is 418 g/mol. The average Bonchev–Trinajstić information content (AvgIpc) is 3.24. The minimum Gasteiger partial charge on any atom is -0.452 e. The number of ether oxygens (including phenoxy) is 1. The lowest BCUT2D eigenvalue weighted by Crippen LogP contribution is -2.43. The van der Waals surface area contributed by atoms with Gasteiger partial charge in [0.2, 0.25) is 0 Å². The van der Waals surface area contributed by atoms with Crippen LogP contribution in [0, 0.1) is 13.8 Å². The highest BCUT2D eigenvalue weighted by Crippen LogP contribution is 2.20. The first kappa shape index (κ1) is 22.7. The number of para-hydroxylation sites is 1. The van der Waals surface area contributed by atoms with Crippen LogP contribution in [0.25, 0.3) is 11.8 Å². The largest absolute Gasteiger partial charge is 0.452 e. The number of carbonyl (C=O) groups excluding carboxylic acids is 2. The van der Waals surface area contributed by atoms with Crippen LogP contribution in [-0.2, 0) is 24.2 Å². The van der Waals surface area contributed by atoms with Gasteiger partial charge in [0.25, 0.3) is 5.91 Å². The number of esters is 1. The van der Waals surface area contributed by atoms with Gasteiger partial charge in [0.15, 0.2) is 16.4 Å². The van der Waals surface area contributed by atoms with E-state index in [2.05, 4.69) is 5.10 Å². The van der Waals surface area contributed by atoms with Crippen molar-refractivity contribution in [1.29, 1.82) is 0 Å². The van der Waals surface area contributed by atoms with Crippen LogP contribution >= 0.6 is 0 Å². The molecule has 1 aliphatic heterocycles. The SMILES string of the molecule is CCN(C(=O)COC(=O)/C=C/c1c(C)nn(-c2ccccc2)c1C)[C@@H]1CCS(=O)(=O)C1. The Morgan fingerprint density at radius 3 is 2.58 bits per heavy atom. The van der Waals surface area contributed by atoms with E-state index in [0.29, 0.717) is 13.0 Å². The molecule has 0 bridgehead atoms. The normalized spacial score (nSPS) is 17.7. The van der Waals surface area contributed by atoms with Crippen molar-refractivity contribution in [3.8, 4) is 5.69 Å². The Hall–Kier alpha value is -2.94. The zero-order valence-corrected chi connectivity index (χ0v) is 18.8. The van der Waals surface area contributed by atoms with Gasteiger partial charge >= 0.3 is 5.97 Å². The van der Waals surface area contributed by atoms with Crippen molar-refractivity contribution in [2.24, 2.45) is 0 Å². The number of aromatic nitrogens is 2. The fourth-order valence-electron chi connectivity index (χ4n) is 3.79. The van der Waals surface area contributed by atoms with E-state index in [-0.39, 0.29) is 17.5 Å². The fraction of sp³-hybridized carbons (Fsp3) is 0.409. The summed E-state index contributed by atoms with van der Waals surface area (Å²) in [5, 5.41) is 4.53. The Morgan fingerprint density at radius 1 is 1.26 bits per heavy atom. The molecule has 0 spiro atoms. The lowest BCUT2D eigenvalue weighted by Gasteiger charge is -2.26. The molecule has 31 heavy (non-hydrogen) atoms. The third kappa shape index (κ3) is 5.41. The van der Waals surface area contributed by atoms with E-state index in [0.717, 1.165) is 22.6 Å². The molecule has 2 heterocycles. The molecule has 1 aromatic heterocycles. The van der Waals surface area contributed by atoms with Crippen molar-refractivity contribution >= 4 is 27.8 Å². The number of sulfone groups is 1. The van der Waals surface area contributed by atoms with Gasteiger partial charge in [-0.25, -0.2) is 17.9 Å². The predicted octanol–water partition coefficient (Wildman–Crippen LogP) is 2.08. The quantitative estimate of drug-likeness (QED) is 0.478. The number of likely N-dealkylation sites (N-methyl/N-ethyl adjacent to an activating group) is 1. The molecule has 1 atom stereocenters. The van der Waals surface area contributed by atoms with Gasteiger partial charge in [-0.2, -0.15) is 5.10 Å². The molecule has 9 heteroatoms. The maximum Gasteiger partial charge on any atom is 0.331 e. The van der Waals surface area contributed by atoms with Crippen molar-refractivity contribution < 1.29 is 22.7 Å². The number of hydrogen-bond acceptors (Lipinski definition) is 6. The predicted molar refractivity (Wildman–Crippen MR) is 117 cm³/mol. The molecule has 0 saturated carbocycles. The molecule has 2 aromatic rings. The van der Waals surface area contributed by atoms with Crippen LogP contribution < -0.4 is 0 Å². The summed E-state index contributed by atoms with van der Waals surface area (Å²) in [6, 6.07) is 9.32. The maximum absolute atomic E-state index is 12.4. The first-order valence-electron chi connectivity index (χ1n) is 10.2. The zero-order valence-electron chi connectivity index (χ0n) is 17.9. The topological polar surface area (TPSA) is 98.6 Å². The second kappa shape index (κ2) is 9.47. The van der Waals surface area contributed by atoms with E-state index < -0.39 is 28.3 Å². The number of carbonyl (C=O) groups is 2. The molecule has 0 radical (unpaired) electrons. The van der Waals surface area contributed by atoms with Gasteiger partial charge in [-0.15, -0.1) is 0 Å². The zero-order chi connectivity index (χ0) is 22.6. The molecule has 3 rings (SSSR count). The van der Waals surface area contributed by atoms with Gasteiger partial charge in [0.1, 0.15) is 0 Å². The van der Waals surface area contributed by atoms with Gasteiger partial charge in [-0.1, -0.05) is 18.2 Å². The summed E-state index contributed by atoms with van der Waals surface area (Å²) in [4.78, 5) is 26.1. The van der Waals surface area contributed by atoms with Crippen molar-refractivity contribution in [3.63, 3.8) is 0 Å². The molecule has 1 saturated heterocycles. The molecule has 166 valence electrons. The summed E-state index contributed by atoms with van der Waals surface area (Å²) in [7, 11) is -3.10. The molecule has 0 aliphatic carbocycles. The average molecular weight is 446 g/mol. The number of rotatable bonds is 7. The van der Waals surface area contributed by atoms with E-state index in [4.69, 9.17) is 4.74 Å². The third-order valence-corrected chi connectivity index (χ3v) is 7.13. The van der Waals surface area contributed by atoms with Crippen LogP contribution in [-0.4, -0.2) is 65.7 Å². The van der Waals surface area contributed by atoms with Crippen LogP contribution in [0.5, 0.6) is 0 Å². The summed E-state index contributed by atoms with van der Waals surface area (Å²) < 4.78 is 30.3. The number of benzene rings is 1. The molecule has 1 fully saturated rings. The van der Waals surface area contributed by atoms with Gasteiger partial charge in [-0.3, -0.25) is 4.79 Å².